The molecule has 0 radical (unpaired) electrons. The number of carbonyl (C=O) groups is 2. The third-order valence-electron chi connectivity index (χ3n) is 4.79. The molecule has 0 aliphatic carbocycles. The molecule has 0 bridgehead atoms. The van der Waals surface area contributed by atoms with E-state index in [1.54, 1.807) is 20.8 Å². The number of carbonyl (C=O) groups excluding carboxylic acids is 2. The maximum absolute atomic E-state index is 13.4. The van der Waals surface area contributed by atoms with Crippen molar-refractivity contribution < 1.29 is 23.8 Å². The normalized spacial score (nSPS) is 12.3. The maximum Gasteiger partial charge on any atom is 0.435 e. The number of rotatable bonds is 4. The molecule has 0 saturated carbocycles. The Bertz CT molecular complexity index is 1400. The van der Waals surface area contributed by atoms with Crippen LogP contribution < -0.4 is 4.74 Å². The number of halogens is 1. The van der Waals surface area contributed by atoms with E-state index >= 15 is 0 Å². The smallest absolute Gasteiger partial charge is 0.435 e. The molecule has 0 fully saturated rings. The first-order valence-electron chi connectivity index (χ1n) is 11.2. The molecule has 0 aliphatic heterocycles. The number of alkyl halides is 1. The first-order valence-corrected chi connectivity index (χ1v) is 13.2. The topological polar surface area (TPSA) is 84.6 Å². The number of nitrogens with zero attached hydrogens (tertiary/aromatic N) is 3. The van der Waals surface area contributed by atoms with Crippen molar-refractivity contribution in [1.29, 1.82) is 0 Å². The first-order chi connectivity index (χ1) is 16.4. The summed E-state index contributed by atoms with van der Waals surface area (Å²) in [5, 5.41) is 7.96. The van der Waals surface area contributed by atoms with Gasteiger partial charge in [-0.2, -0.15) is 9.78 Å². The summed E-state index contributed by atoms with van der Waals surface area (Å²) in [4.78, 5) is 26.3. The van der Waals surface area contributed by atoms with E-state index in [-0.39, 0.29) is 0 Å². The average Bonchev–Trinajstić information content (AvgIpc) is 3.42. The van der Waals surface area contributed by atoms with E-state index in [1.165, 1.54) is 20.6 Å². The minimum absolute atomic E-state index is 0.492. The molecule has 3 aromatic heterocycles. The maximum atomic E-state index is 13.4. The molecule has 4 aromatic rings. The van der Waals surface area contributed by atoms with E-state index < -0.39 is 23.4 Å². The second-order valence-corrected chi connectivity index (χ2v) is 11.7. The van der Waals surface area contributed by atoms with Gasteiger partial charge in [0.2, 0.25) is 0 Å². The van der Waals surface area contributed by atoms with Gasteiger partial charge >= 0.3 is 12.2 Å². The molecule has 8 nitrogen and oxygen atoms in total. The highest BCUT2D eigenvalue weighted by atomic mass is 79.9. The molecule has 0 N–H and O–H groups in total. The molecule has 186 valence electrons. The van der Waals surface area contributed by atoms with Crippen LogP contribution in [0.15, 0.2) is 35.7 Å². The molecule has 3 heterocycles. The number of thiophene rings is 1. The van der Waals surface area contributed by atoms with Gasteiger partial charge in [-0.15, -0.1) is 11.3 Å². The average molecular weight is 562 g/mol. The van der Waals surface area contributed by atoms with Crippen molar-refractivity contribution in [3.8, 4) is 17.1 Å². The Morgan fingerprint density at radius 3 is 2.31 bits per heavy atom. The Morgan fingerprint density at radius 1 is 0.971 bits per heavy atom. The van der Waals surface area contributed by atoms with E-state index in [0.29, 0.717) is 40.1 Å². The summed E-state index contributed by atoms with van der Waals surface area (Å²) in [7, 11) is 0. The second-order valence-electron chi connectivity index (χ2n) is 9.98. The number of fused-ring (bicyclic) bond motifs is 2. The van der Waals surface area contributed by atoms with Crippen molar-refractivity contribution in [2.75, 3.05) is 11.9 Å². The van der Waals surface area contributed by atoms with E-state index in [4.69, 9.17) is 14.2 Å². The van der Waals surface area contributed by atoms with Crippen molar-refractivity contribution in [3.63, 3.8) is 0 Å². The van der Waals surface area contributed by atoms with Crippen LogP contribution in [-0.2, 0) is 9.47 Å². The fourth-order valence-corrected chi connectivity index (χ4v) is 4.60. The lowest BCUT2D eigenvalue weighted by molar-refractivity contribution is 0.0520. The third kappa shape index (κ3) is 5.38. The second kappa shape index (κ2) is 9.31. The summed E-state index contributed by atoms with van der Waals surface area (Å²) >= 11 is 4.80. The lowest BCUT2D eigenvalue weighted by atomic mass is 10.2. The Balaban J connectivity index is 1.91. The molecule has 0 amide bonds. The van der Waals surface area contributed by atoms with Crippen molar-refractivity contribution in [2.24, 2.45) is 0 Å². The van der Waals surface area contributed by atoms with Crippen LogP contribution >= 0.6 is 27.3 Å². The highest BCUT2D eigenvalue weighted by molar-refractivity contribution is 9.09. The van der Waals surface area contributed by atoms with Gasteiger partial charge in [0, 0.05) is 10.7 Å². The van der Waals surface area contributed by atoms with E-state index in [2.05, 4.69) is 21.0 Å². The molecule has 0 saturated heterocycles. The Labute approximate surface area is 215 Å². The zero-order valence-corrected chi connectivity index (χ0v) is 22.9. The minimum atomic E-state index is -0.696. The summed E-state index contributed by atoms with van der Waals surface area (Å²) in [6, 6.07) is 9.19. The summed E-state index contributed by atoms with van der Waals surface area (Å²) < 4.78 is 20.5. The van der Waals surface area contributed by atoms with Gasteiger partial charge in [0.1, 0.15) is 22.6 Å². The van der Waals surface area contributed by atoms with Gasteiger partial charge in [0.05, 0.1) is 28.0 Å². The monoisotopic (exact) mass is 561 g/mol. The fourth-order valence-electron chi connectivity index (χ4n) is 3.58. The quantitative estimate of drug-likeness (QED) is 0.248. The molecule has 1 aromatic carbocycles. The van der Waals surface area contributed by atoms with Crippen LogP contribution in [0.3, 0.4) is 0 Å². The molecule has 0 atom stereocenters. The lowest BCUT2D eigenvalue weighted by Crippen LogP contribution is -2.28. The Kier molecular flexibility index (Phi) is 6.72. The largest absolute Gasteiger partial charge is 0.493 e. The summed E-state index contributed by atoms with van der Waals surface area (Å²) in [6.45, 7) is 11.4. The van der Waals surface area contributed by atoms with Gasteiger partial charge in [0.25, 0.3) is 0 Å². The number of aromatic nitrogens is 3. The number of hydrogen-bond donors (Lipinski definition) is 0. The molecular weight excluding hydrogens is 534 g/mol. The van der Waals surface area contributed by atoms with Gasteiger partial charge in [-0.1, -0.05) is 15.9 Å². The van der Waals surface area contributed by atoms with Crippen molar-refractivity contribution in [1.82, 2.24) is 14.3 Å². The molecule has 10 heteroatoms. The summed E-state index contributed by atoms with van der Waals surface area (Å²) in [5.41, 5.74) is 0.895. The van der Waals surface area contributed by atoms with E-state index in [0.717, 1.165) is 10.1 Å². The Hall–Kier alpha value is -2.85. The number of ether oxygens (including phenoxy) is 3. The van der Waals surface area contributed by atoms with Gasteiger partial charge in [0.15, 0.2) is 0 Å². The zero-order chi connectivity index (χ0) is 25.5. The standard InChI is InChI=1S/C25H28BrN3O5S/c1-24(2,3)33-22(30)28-17-8-7-16(32-11-10-26)13-15(17)14-19(28)20-21-18(9-12-35-21)29(27-20)23(31)34-25(4,5)6/h7-9,12-14H,10-11H2,1-6H3. The van der Waals surface area contributed by atoms with Crippen LogP contribution in [-0.4, -0.2) is 49.7 Å². The predicted octanol–water partition coefficient (Wildman–Crippen LogP) is 7.06. The molecule has 4 rings (SSSR count). The first kappa shape index (κ1) is 25.2. The zero-order valence-electron chi connectivity index (χ0n) is 20.5. The van der Waals surface area contributed by atoms with Gasteiger partial charge < -0.3 is 14.2 Å². The predicted molar refractivity (Wildman–Crippen MR) is 141 cm³/mol. The van der Waals surface area contributed by atoms with E-state index in [9.17, 15) is 9.59 Å². The summed E-state index contributed by atoms with van der Waals surface area (Å²) in [6.07, 6.45) is -1.12. The molecular formula is C25H28BrN3O5S. The molecule has 0 spiro atoms. The summed E-state index contributed by atoms with van der Waals surface area (Å²) in [5.74, 6) is 0.686. The van der Waals surface area contributed by atoms with Crippen LogP contribution in [0.4, 0.5) is 9.59 Å². The van der Waals surface area contributed by atoms with E-state index in [1.807, 2.05) is 56.5 Å². The van der Waals surface area contributed by atoms with Crippen LogP contribution in [0.5, 0.6) is 5.75 Å². The number of benzene rings is 1. The Morgan fingerprint density at radius 2 is 1.66 bits per heavy atom. The van der Waals surface area contributed by atoms with Gasteiger partial charge in [-0.05, 0) is 77.3 Å². The SMILES string of the molecule is CC(C)(C)OC(=O)n1nc(-c2cc3cc(OCCBr)ccc3n2C(=O)OC(C)(C)C)c2sccc21. The third-order valence-corrected chi connectivity index (χ3v) is 6.03. The minimum Gasteiger partial charge on any atom is -0.493 e. The van der Waals surface area contributed by atoms with Crippen LogP contribution in [0.25, 0.3) is 32.5 Å². The molecule has 0 aliphatic rings. The van der Waals surface area contributed by atoms with Crippen LogP contribution in [0.1, 0.15) is 41.5 Å². The lowest BCUT2D eigenvalue weighted by Gasteiger charge is -2.20. The highest BCUT2D eigenvalue weighted by Crippen LogP contribution is 2.37. The highest BCUT2D eigenvalue weighted by Gasteiger charge is 2.28. The number of hydrogen-bond acceptors (Lipinski definition) is 7. The van der Waals surface area contributed by atoms with Crippen molar-refractivity contribution in [3.05, 3.63) is 35.7 Å². The van der Waals surface area contributed by atoms with Crippen molar-refractivity contribution >= 4 is 60.6 Å². The van der Waals surface area contributed by atoms with Crippen LogP contribution in [0.2, 0.25) is 0 Å². The molecule has 35 heavy (non-hydrogen) atoms. The van der Waals surface area contributed by atoms with Crippen LogP contribution in [0, 0.1) is 0 Å². The van der Waals surface area contributed by atoms with Gasteiger partial charge in [-0.25, -0.2) is 14.2 Å². The van der Waals surface area contributed by atoms with Gasteiger partial charge in [-0.3, -0.25) is 0 Å². The fraction of sp³-hybridized carbons (Fsp3) is 0.400. The van der Waals surface area contributed by atoms with Crippen molar-refractivity contribution in [2.45, 2.75) is 52.7 Å². The molecule has 0 unspecified atom stereocenters.